The first-order chi connectivity index (χ1) is 17.8. The second-order valence-corrected chi connectivity index (χ2v) is 10.6. The molecule has 3 aliphatic heterocycles. The first-order valence-electron chi connectivity index (χ1n) is 12.4. The predicted octanol–water partition coefficient (Wildman–Crippen LogP) is 4.93. The number of aromatic nitrogens is 2. The maximum absolute atomic E-state index is 12.9. The van der Waals surface area contributed by atoms with Gasteiger partial charge < -0.3 is 19.7 Å². The number of hydrogen-bond donors (Lipinski definition) is 1. The van der Waals surface area contributed by atoms with Crippen LogP contribution in [-0.4, -0.2) is 39.9 Å². The fourth-order valence-corrected chi connectivity index (χ4v) is 4.90. The van der Waals surface area contributed by atoms with Crippen molar-refractivity contribution < 1.29 is 14.3 Å². The molecule has 37 heavy (non-hydrogen) atoms. The van der Waals surface area contributed by atoms with Gasteiger partial charge in [0.15, 0.2) is 0 Å². The molecule has 1 N–H and O–H groups in total. The van der Waals surface area contributed by atoms with Crippen LogP contribution in [0.4, 0.5) is 22.2 Å². The number of nitrogens with one attached hydrogen (secondary N) is 1. The molecule has 3 aliphatic rings. The lowest BCUT2D eigenvalue weighted by molar-refractivity contribution is 0.0241. The molecule has 0 saturated carbocycles. The van der Waals surface area contributed by atoms with Gasteiger partial charge in [-0.15, -0.1) is 0 Å². The largest absolute Gasteiger partial charge is 0.497 e. The molecule has 0 bridgehead atoms. The SMILES string of the molecule is COc1ccc2c(c1)CN(c1nc3c(c(Nc4ccc5c(c4)C=NC5)n1)CN(C(=O)OC(C)(C)C)C3)C2. The minimum absolute atomic E-state index is 0.354. The van der Waals surface area contributed by atoms with E-state index in [4.69, 9.17) is 19.4 Å². The lowest BCUT2D eigenvalue weighted by atomic mass is 10.1. The number of ether oxygens (including phenoxy) is 2. The van der Waals surface area contributed by atoms with Gasteiger partial charge in [0.2, 0.25) is 5.95 Å². The van der Waals surface area contributed by atoms with Gasteiger partial charge in [0, 0.05) is 30.6 Å². The Balaban J connectivity index is 1.33. The van der Waals surface area contributed by atoms with Crippen LogP contribution in [0.2, 0.25) is 0 Å². The number of hydrogen-bond acceptors (Lipinski definition) is 8. The molecule has 4 heterocycles. The van der Waals surface area contributed by atoms with E-state index >= 15 is 0 Å². The third kappa shape index (κ3) is 4.57. The topological polar surface area (TPSA) is 92.2 Å². The van der Waals surface area contributed by atoms with Gasteiger partial charge in [0.1, 0.15) is 17.2 Å². The van der Waals surface area contributed by atoms with Crippen LogP contribution in [0.3, 0.4) is 0 Å². The van der Waals surface area contributed by atoms with E-state index in [-0.39, 0.29) is 6.09 Å². The van der Waals surface area contributed by atoms with E-state index in [1.54, 1.807) is 12.0 Å². The fourth-order valence-electron chi connectivity index (χ4n) is 4.90. The minimum atomic E-state index is -0.571. The number of amides is 1. The van der Waals surface area contributed by atoms with Gasteiger partial charge >= 0.3 is 6.09 Å². The number of anilines is 3. The van der Waals surface area contributed by atoms with Crippen LogP contribution in [0.1, 0.15) is 54.3 Å². The Hall–Kier alpha value is -4.14. The molecular formula is C28H30N6O3. The second-order valence-electron chi connectivity index (χ2n) is 10.6. The first kappa shape index (κ1) is 23.3. The number of benzene rings is 2. The van der Waals surface area contributed by atoms with E-state index in [9.17, 15) is 4.79 Å². The van der Waals surface area contributed by atoms with Crippen molar-refractivity contribution in [1.29, 1.82) is 0 Å². The number of rotatable bonds is 4. The lowest BCUT2D eigenvalue weighted by Crippen LogP contribution is -2.33. The van der Waals surface area contributed by atoms with Crippen LogP contribution < -0.4 is 15.0 Å². The lowest BCUT2D eigenvalue weighted by Gasteiger charge is -2.24. The summed E-state index contributed by atoms with van der Waals surface area (Å²) in [6, 6.07) is 12.4. The van der Waals surface area contributed by atoms with Gasteiger partial charge in [-0.25, -0.2) is 9.78 Å². The van der Waals surface area contributed by atoms with Crippen molar-refractivity contribution in [3.8, 4) is 5.75 Å². The van der Waals surface area contributed by atoms with Crippen LogP contribution >= 0.6 is 0 Å². The summed E-state index contributed by atoms with van der Waals surface area (Å²) in [6.45, 7) is 8.49. The van der Waals surface area contributed by atoms with Crippen molar-refractivity contribution in [3.05, 3.63) is 69.9 Å². The Bertz CT molecular complexity index is 1430. The number of carbonyl (C=O) groups is 1. The summed E-state index contributed by atoms with van der Waals surface area (Å²) >= 11 is 0. The number of fused-ring (bicyclic) bond motifs is 3. The number of aliphatic imine (C=N–C) groups is 1. The first-order valence-corrected chi connectivity index (χ1v) is 12.4. The van der Waals surface area contributed by atoms with Gasteiger partial charge in [0.25, 0.3) is 0 Å². The van der Waals surface area contributed by atoms with E-state index in [2.05, 4.69) is 39.5 Å². The molecule has 1 aromatic heterocycles. The summed E-state index contributed by atoms with van der Waals surface area (Å²) in [4.78, 5) is 31.0. The Labute approximate surface area is 216 Å². The molecule has 0 saturated heterocycles. The number of carbonyl (C=O) groups excluding carboxylic acids is 1. The van der Waals surface area contributed by atoms with Gasteiger partial charge in [-0.3, -0.25) is 9.89 Å². The van der Waals surface area contributed by atoms with E-state index in [0.29, 0.717) is 44.5 Å². The molecule has 0 spiro atoms. The van der Waals surface area contributed by atoms with Crippen LogP contribution in [0.25, 0.3) is 0 Å². The zero-order valence-electron chi connectivity index (χ0n) is 21.5. The summed E-state index contributed by atoms with van der Waals surface area (Å²) in [6.07, 6.45) is 1.54. The minimum Gasteiger partial charge on any atom is -0.497 e. The molecule has 9 nitrogen and oxygen atoms in total. The third-order valence-electron chi connectivity index (χ3n) is 6.74. The van der Waals surface area contributed by atoms with E-state index in [1.165, 1.54) is 16.7 Å². The normalized spacial score (nSPS) is 15.5. The zero-order chi connectivity index (χ0) is 25.7. The molecular weight excluding hydrogens is 468 g/mol. The van der Waals surface area contributed by atoms with E-state index < -0.39 is 5.60 Å². The zero-order valence-corrected chi connectivity index (χ0v) is 21.5. The number of nitrogens with zero attached hydrogens (tertiary/aromatic N) is 5. The van der Waals surface area contributed by atoms with Crippen LogP contribution in [0.5, 0.6) is 5.75 Å². The van der Waals surface area contributed by atoms with Crippen LogP contribution in [-0.2, 0) is 37.5 Å². The van der Waals surface area contributed by atoms with Crippen LogP contribution in [0.15, 0.2) is 41.4 Å². The molecule has 0 atom stereocenters. The molecule has 1 amide bonds. The highest BCUT2D eigenvalue weighted by Crippen LogP contribution is 2.35. The van der Waals surface area contributed by atoms with Crippen molar-refractivity contribution in [2.75, 3.05) is 17.3 Å². The molecule has 0 radical (unpaired) electrons. The molecule has 3 aromatic rings. The average molecular weight is 499 g/mol. The second kappa shape index (κ2) is 8.76. The summed E-state index contributed by atoms with van der Waals surface area (Å²) in [7, 11) is 1.68. The standard InChI is InChI=1S/C28H30N6O3/c1-28(2,3)37-27(35)34-15-23-24(16-34)31-26(33-13-18-6-8-22(36-4)10-20(18)14-33)32-25(23)30-21-7-5-17-11-29-12-19(17)9-21/h5-10,12H,11,13-16H2,1-4H3,(H,30,31,32). The van der Waals surface area contributed by atoms with Crippen molar-refractivity contribution in [1.82, 2.24) is 14.9 Å². The molecule has 6 rings (SSSR count). The Morgan fingerprint density at radius 3 is 2.59 bits per heavy atom. The molecule has 0 aliphatic carbocycles. The van der Waals surface area contributed by atoms with E-state index in [0.717, 1.165) is 28.3 Å². The van der Waals surface area contributed by atoms with Gasteiger partial charge in [-0.2, -0.15) is 4.98 Å². The molecule has 0 unspecified atom stereocenters. The van der Waals surface area contributed by atoms with Crippen molar-refractivity contribution in [2.45, 2.75) is 59.1 Å². The average Bonchev–Trinajstić information content (AvgIpc) is 3.59. The maximum Gasteiger partial charge on any atom is 0.410 e. The van der Waals surface area contributed by atoms with Gasteiger partial charge in [-0.1, -0.05) is 12.1 Å². The third-order valence-corrected chi connectivity index (χ3v) is 6.74. The Kier molecular flexibility index (Phi) is 5.51. The fraction of sp³-hybridized carbons (Fsp3) is 0.357. The molecule has 9 heteroatoms. The van der Waals surface area contributed by atoms with E-state index in [1.807, 2.05) is 39.1 Å². The molecule has 2 aromatic carbocycles. The maximum atomic E-state index is 12.9. The number of methoxy groups -OCH3 is 1. The van der Waals surface area contributed by atoms with Crippen molar-refractivity contribution >= 4 is 29.8 Å². The Morgan fingerprint density at radius 1 is 0.973 bits per heavy atom. The smallest absolute Gasteiger partial charge is 0.410 e. The highest BCUT2D eigenvalue weighted by Gasteiger charge is 2.33. The summed E-state index contributed by atoms with van der Waals surface area (Å²) < 4.78 is 11.0. The summed E-state index contributed by atoms with van der Waals surface area (Å²) in [5.74, 6) is 2.17. The highest BCUT2D eigenvalue weighted by atomic mass is 16.6. The summed E-state index contributed by atoms with van der Waals surface area (Å²) in [5.41, 5.74) is 6.83. The van der Waals surface area contributed by atoms with Crippen molar-refractivity contribution in [3.63, 3.8) is 0 Å². The monoisotopic (exact) mass is 498 g/mol. The highest BCUT2D eigenvalue weighted by molar-refractivity contribution is 5.86. The quantitative estimate of drug-likeness (QED) is 0.545. The molecule has 190 valence electrons. The molecule has 0 fully saturated rings. The van der Waals surface area contributed by atoms with Crippen LogP contribution in [0, 0.1) is 0 Å². The van der Waals surface area contributed by atoms with Gasteiger partial charge in [0.05, 0.1) is 32.4 Å². The van der Waals surface area contributed by atoms with Crippen molar-refractivity contribution in [2.24, 2.45) is 4.99 Å². The Morgan fingerprint density at radius 2 is 1.78 bits per heavy atom. The van der Waals surface area contributed by atoms with Gasteiger partial charge in [-0.05, 0) is 67.3 Å². The summed E-state index contributed by atoms with van der Waals surface area (Å²) in [5, 5.41) is 3.51. The predicted molar refractivity (Wildman–Crippen MR) is 141 cm³/mol.